The zero-order valence-electron chi connectivity index (χ0n) is 12.0. The van der Waals surface area contributed by atoms with E-state index in [4.69, 9.17) is 14.4 Å². The number of nitrogens with zero attached hydrogens (tertiary/aromatic N) is 2. The number of aromatic nitrogens is 2. The summed E-state index contributed by atoms with van der Waals surface area (Å²) >= 11 is 0. The minimum atomic E-state index is 0.761. The van der Waals surface area contributed by atoms with Gasteiger partial charge in [0.25, 0.3) is 0 Å². The Morgan fingerprint density at radius 2 is 2.10 bits per heavy atom. The molecule has 0 unspecified atom stereocenters. The first-order valence-corrected chi connectivity index (χ1v) is 7.47. The van der Waals surface area contributed by atoms with Crippen LogP contribution in [0.25, 0.3) is 22.4 Å². The predicted octanol–water partition coefficient (Wildman–Crippen LogP) is 3.81. The third-order valence-corrected chi connectivity index (χ3v) is 4.00. The third kappa shape index (κ3) is 1.98. The predicted molar refractivity (Wildman–Crippen MR) is 83.4 cm³/mol. The van der Waals surface area contributed by atoms with Gasteiger partial charge in [-0.05, 0) is 32.3 Å². The molecule has 1 aliphatic carbocycles. The summed E-state index contributed by atoms with van der Waals surface area (Å²) in [5.74, 6) is 1.75. The van der Waals surface area contributed by atoms with E-state index in [1.807, 2.05) is 18.2 Å². The lowest BCUT2D eigenvalue weighted by Crippen LogP contribution is -2.06. The first-order chi connectivity index (χ1) is 10.4. The van der Waals surface area contributed by atoms with Gasteiger partial charge in [-0.2, -0.15) is 0 Å². The average molecular weight is 279 g/mol. The van der Waals surface area contributed by atoms with E-state index in [-0.39, 0.29) is 0 Å². The number of hydrogen-bond donors (Lipinski definition) is 1. The van der Waals surface area contributed by atoms with Crippen LogP contribution in [-0.2, 0) is 12.8 Å². The molecule has 0 amide bonds. The van der Waals surface area contributed by atoms with Crippen molar-refractivity contribution in [1.82, 2.24) is 9.97 Å². The van der Waals surface area contributed by atoms with Gasteiger partial charge in [0, 0.05) is 23.2 Å². The fraction of sp³-hybridized carbons (Fsp3) is 0.294. The minimum absolute atomic E-state index is 0.761. The fourth-order valence-corrected chi connectivity index (χ4v) is 3.02. The highest BCUT2D eigenvalue weighted by Gasteiger charge is 2.21. The maximum atomic E-state index is 5.62. The number of para-hydroxylation sites is 1. The van der Waals surface area contributed by atoms with Gasteiger partial charge in [0.2, 0.25) is 0 Å². The molecule has 0 saturated heterocycles. The molecule has 3 aromatic rings. The molecule has 1 N–H and O–H groups in total. The molecule has 0 atom stereocenters. The molecular weight excluding hydrogens is 262 g/mol. The quantitative estimate of drug-likeness (QED) is 0.792. The molecule has 2 aromatic heterocycles. The summed E-state index contributed by atoms with van der Waals surface area (Å²) in [6, 6.07) is 8.01. The Labute approximate surface area is 123 Å². The molecule has 0 bridgehead atoms. The molecule has 0 spiro atoms. The van der Waals surface area contributed by atoms with Crippen LogP contribution in [0.2, 0.25) is 0 Å². The summed E-state index contributed by atoms with van der Waals surface area (Å²) in [5, 5.41) is 4.44. The Bertz CT molecular complexity index is 807. The Morgan fingerprint density at radius 3 is 3.00 bits per heavy atom. The number of furan rings is 1. The van der Waals surface area contributed by atoms with Crippen molar-refractivity contribution >= 4 is 16.8 Å². The summed E-state index contributed by atoms with van der Waals surface area (Å²) < 4.78 is 5.62. The maximum Gasteiger partial charge on any atom is 0.165 e. The summed E-state index contributed by atoms with van der Waals surface area (Å²) in [5.41, 5.74) is 4.32. The Morgan fingerprint density at radius 1 is 1.19 bits per heavy atom. The summed E-state index contributed by atoms with van der Waals surface area (Å²) in [6.45, 7) is 2.96. The number of rotatable bonds is 3. The van der Waals surface area contributed by atoms with Gasteiger partial charge in [-0.1, -0.05) is 18.2 Å². The van der Waals surface area contributed by atoms with Crippen LogP contribution in [0, 0.1) is 0 Å². The topological polar surface area (TPSA) is 51.0 Å². The van der Waals surface area contributed by atoms with E-state index in [9.17, 15) is 0 Å². The minimum Gasteiger partial charge on any atom is -0.464 e. The fourth-order valence-electron chi connectivity index (χ4n) is 3.02. The van der Waals surface area contributed by atoms with Crippen LogP contribution in [0.4, 0.5) is 5.82 Å². The Kier molecular flexibility index (Phi) is 2.88. The largest absolute Gasteiger partial charge is 0.464 e. The van der Waals surface area contributed by atoms with Gasteiger partial charge in [0.15, 0.2) is 5.82 Å². The average Bonchev–Trinajstić information content (AvgIpc) is 3.13. The highest BCUT2D eigenvalue weighted by Crippen LogP contribution is 2.33. The van der Waals surface area contributed by atoms with Gasteiger partial charge in [0.1, 0.15) is 17.7 Å². The first-order valence-electron chi connectivity index (χ1n) is 7.47. The number of benzene rings is 1. The van der Waals surface area contributed by atoms with Crippen LogP contribution >= 0.6 is 0 Å². The van der Waals surface area contributed by atoms with Crippen LogP contribution in [0.1, 0.15) is 24.6 Å². The molecule has 1 aromatic carbocycles. The molecule has 0 saturated carbocycles. The highest BCUT2D eigenvalue weighted by molar-refractivity contribution is 5.92. The number of aryl methyl sites for hydroxylation is 1. The van der Waals surface area contributed by atoms with Crippen LogP contribution in [0.3, 0.4) is 0 Å². The summed E-state index contributed by atoms with van der Waals surface area (Å²) in [6.07, 6.45) is 5.04. The van der Waals surface area contributed by atoms with E-state index >= 15 is 0 Å². The van der Waals surface area contributed by atoms with Crippen molar-refractivity contribution in [3.8, 4) is 11.4 Å². The molecule has 0 fully saturated rings. The lowest BCUT2D eigenvalue weighted by atomic mass is 10.1. The molecule has 0 radical (unpaired) electrons. The number of nitrogens with one attached hydrogen (secondary N) is 1. The van der Waals surface area contributed by atoms with Gasteiger partial charge in [0.05, 0.1) is 5.56 Å². The van der Waals surface area contributed by atoms with E-state index in [1.54, 1.807) is 6.26 Å². The molecule has 21 heavy (non-hydrogen) atoms. The normalized spacial score (nSPS) is 13.6. The van der Waals surface area contributed by atoms with Crippen molar-refractivity contribution in [3.63, 3.8) is 0 Å². The maximum absolute atomic E-state index is 5.62. The van der Waals surface area contributed by atoms with E-state index in [1.165, 1.54) is 11.3 Å². The van der Waals surface area contributed by atoms with E-state index in [0.29, 0.717) is 0 Å². The zero-order valence-corrected chi connectivity index (χ0v) is 12.0. The van der Waals surface area contributed by atoms with Crippen molar-refractivity contribution < 1.29 is 4.42 Å². The first kappa shape index (κ1) is 12.4. The molecule has 4 heteroatoms. The van der Waals surface area contributed by atoms with Crippen molar-refractivity contribution in [1.29, 1.82) is 0 Å². The van der Waals surface area contributed by atoms with Crippen molar-refractivity contribution in [2.45, 2.75) is 26.2 Å². The van der Waals surface area contributed by atoms with Crippen LogP contribution in [-0.4, -0.2) is 16.5 Å². The monoisotopic (exact) mass is 279 g/mol. The molecule has 2 heterocycles. The van der Waals surface area contributed by atoms with Gasteiger partial charge in [-0.15, -0.1) is 0 Å². The van der Waals surface area contributed by atoms with Crippen LogP contribution < -0.4 is 5.32 Å². The number of anilines is 1. The molecule has 106 valence electrons. The van der Waals surface area contributed by atoms with Gasteiger partial charge < -0.3 is 9.73 Å². The van der Waals surface area contributed by atoms with Gasteiger partial charge in [-0.25, -0.2) is 9.97 Å². The van der Waals surface area contributed by atoms with E-state index in [2.05, 4.69) is 18.3 Å². The van der Waals surface area contributed by atoms with Crippen molar-refractivity contribution in [2.75, 3.05) is 11.9 Å². The molecule has 0 aliphatic heterocycles. The highest BCUT2D eigenvalue weighted by atomic mass is 16.3. The van der Waals surface area contributed by atoms with E-state index in [0.717, 1.165) is 54.0 Å². The zero-order chi connectivity index (χ0) is 14.2. The Hall–Kier alpha value is -2.36. The standard InChI is InChI=1S/C17H17N3O/c1-2-18-16-12-7-5-8-14(12)19-17(20-16)13-10-21-15-9-4-3-6-11(13)15/h3-4,6,9-10H,2,5,7-8H2,1H3,(H,18,19,20). The summed E-state index contributed by atoms with van der Waals surface area (Å²) in [4.78, 5) is 9.52. The molecule has 4 nitrogen and oxygen atoms in total. The smallest absolute Gasteiger partial charge is 0.165 e. The van der Waals surface area contributed by atoms with Crippen LogP contribution in [0.5, 0.6) is 0 Å². The third-order valence-electron chi connectivity index (χ3n) is 4.00. The van der Waals surface area contributed by atoms with Crippen molar-refractivity contribution in [2.24, 2.45) is 0 Å². The van der Waals surface area contributed by atoms with Gasteiger partial charge >= 0.3 is 0 Å². The number of hydrogen-bond acceptors (Lipinski definition) is 4. The lowest BCUT2D eigenvalue weighted by molar-refractivity contribution is 0.616. The van der Waals surface area contributed by atoms with Crippen LogP contribution in [0.15, 0.2) is 34.9 Å². The van der Waals surface area contributed by atoms with E-state index < -0.39 is 0 Å². The lowest BCUT2D eigenvalue weighted by Gasteiger charge is -2.10. The number of fused-ring (bicyclic) bond motifs is 2. The second-order valence-corrected chi connectivity index (χ2v) is 5.35. The molecule has 4 rings (SSSR count). The van der Waals surface area contributed by atoms with Crippen molar-refractivity contribution in [3.05, 3.63) is 41.8 Å². The van der Waals surface area contributed by atoms with Gasteiger partial charge in [-0.3, -0.25) is 0 Å². The summed E-state index contributed by atoms with van der Waals surface area (Å²) in [7, 11) is 0. The second kappa shape index (κ2) is 4.88. The second-order valence-electron chi connectivity index (χ2n) is 5.35. The molecule has 1 aliphatic rings. The SMILES string of the molecule is CCNc1nc(-c2coc3ccccc23)nc2c1CCC2. The Balaban J connectivity index is 1.90. The molecular formula is C17H17N3O.